The van der Waals surface area contributed by atoms with Gasteiger partial charge in [-0.2, -0.15) is 0 Å². The standard InChI is InChI=1S/C9H14N2O2/c1-7(9(12)13-3)6-11-5-4-10-8(11)2/h4-5,7H,6H2,1-3H3. The van der Waals surface area contributed by atoms with E-state index in [1.165, 1.54) is 7.11 Å². The van der Waals surface area contributed by atoms with Crippen molar-refractivity contribution in [1.82, 2.24) is 9.55 Å². The third-order valence-corrected chi connectivity index (χ3v) is 2.00. The van der Waals surface area contributed by atoms with Crippen molar-refractivity contribution in [3.8, 4) is 0 Å². The highest BCUT2D eigenvalue weighted by Crippen LogP contribution is 2.04. The number of carbonyl (C=O) groups excluding carboxylic acids is 1. The lowest BCUT2D eigenvalue weighted by atomic mass is 10.2. The lowest BCUT2D eigenvalue weighted by Gasteiger charge is -2.10. The molecule has 1 atom stereocenters. The van der Waals surface area contributed by atoms with Crippen LogP contribution >= 0.6 is 0 Å². The molecule has 4 nitrogen and oxygen atoms in total. The summed E-state index contributed by atoms with van der Waals surface area (Å²) >= 11 is 0. The second-order valence-electron chi connectivity index (χ2n) is 3.05. The number of ether oxygens (including phenoxy) is 1. The summed E-state index contributed by atoms with van der Waals surface area (Å²) in [5.41, 5.74) is 0. The van der Waals surface area contributed by atoms with Gasteiger partial charge in [0.15, 0.2) is 0 Å². The summed E-state index contributed by atoms with van der Waals surface area (Å²) in [6.07, 6.45) is 3.58. The zero-order chi connectivity index (χ0) is 9.84. The minimum absolute atomic E-state index is 0.127. The summed E-state index contributed by atoms with van der Waals surface area (Å²) in [6, 6.07) is 0. The van der Waals surface area contributed by atoms with Crippen LogP contribution in [0, 0.1) is 12.8 Å². The first kappa shape index (κ1) is 9.77. The summed E-state index contributed by atoms with van der Waals surface area (Å²) in [6.45, 7) is 4.37. The van der Waals surface area contributed by atoms with Gasteiger partial charge in [0.2, 0.25) is 0 Å². The molecule has 0 aliphatic heterocycles. The van der Waals surface area contributed by atoms with E-state index in [4.69, 9.17) is 0 Å². The summed E-state index contributed by atoms with van der Waals surface area (Å²) in [5, 5.41) is 0. The molecule has 1 unspecified atom stereocenters. The van der Waals surface area contributed by atoms with Crippen molar-refractivity contribution in [3.05, 3.63) is 18.2 Å². The van der Waals surface area contributed by atoms with Gasteiger partial charge in [-0.1, -0.05) is 6.92 Å². The largest absolute Gasteiger partial charge is 0.469 e. The molecule has 0 aliphatic rings. The van der Waals surface area contributed by atoms with Crippen LogP contribution in [0.2, 0.25) is 0 Å². The number of rotatable bonds is 3. The van der Waals surface area contributed by atoms with E-state index in [0.29, 0.717) is 6.54 Å². The minimum atomic E-state index is -0.187. The van der Waals surface area contributed by atoms with E-state index in [2.05, 4.69) is 9.72 Å². The first-order valence-electron chi connectivity index (χ1n) is 4.20. The maximum atomic E-state index is 11.1. The number of esters is 1. The van der Waals surface area contributed by atoms with E-state index in [-0.39, 0.29) is 11.9 Å². The van der Waals surface area contributed by atoms with Crippen molar-refractivity contribution in [2.75, 3.05) is 7.11 Å². The highest BCUT2D eigenvalue weighted by Gasteiger charge is 2.13. The molecule has 4 heteroatoms. The molecule has 0 saturated heterocycles. The molecule has 0 N–H and O–H groups in total. The zero-order valence-corrected chi connectivity index (χ0v) is 8.15. The molecule has 0 amide bonds. The highest BCUT2D eigenvalue weighted by atomic mass is 16.5. The fourth-order valence-electron chi connectivity index (χ4n) is 1.17. The molecule has 0 spiro atoms. The van der Waals surface area contributed by atoms with Gasteiger partial charge in [0, 0.05) is 18.9 Å². The van der Waals surface area contributed by atoms with Gasteiger partial charge in [-0.05, 0) is 6.92 Å². The van der Waals surface area contributed by atoms with Gasteiger partial charge in [-0.3, -0.25) is 4.79 Å². The topological polar surface area (TPSA) is 44.1 Å². The number of aromatic nitrogens is 2. The lowest BCUT2D eigenvalue weighted by Crippen LogP contribution is -2.19. The smallest absolute Gasteiger partial charge is 0.310 e. The number of imidazole rings is 1. The summed E-state index contributed by atoms with van der Waals surface area (Å²) in [4.78, 5) is 15.2. The Morgan fingerprint density at radius 1 is 1.77 bits per heavy atom. The van der Waals surface area contributed by atoms with Crippen LogP contribution in [0.25, 0.3) is 0 Å². The number of nitrogens with zero attached hydrogens (tertiary/aromatic N) is 2. The van der Waals surface area contributed by atoms with Crippen LogP contribution in [0.3, 0.4) is 0 Å². The van der Waals surface area contributed by atoms with Gasteiger partial charge in [-0.15, -0.1) is 0 Å². The lowest BCUT2D eigenvalue weighted by molar-refractivity contribution is -0.145. The number of hydrogen-bond acceptors (Lipinski definition) is 3. The van der Waals surface area contributed by atoms with Crippen LogP contribution in [0.1, 0.15) is 12.7 Å². The van der Waals surface area contributed by atoms with Gasteiger partial charge >= 0.3 is 5.97 Å². The highest BCUT2D eigenvalue weighted by molar-refractivity contribution is 5.71. The molecule has 1 heterocycles. The van der Waals surface area contributed by atoms with Crippen LogP contribution in [-0.2, 0) is 16.1 Å². The Balaban J connectivity index is 2.59. The Hall–Kier alpha value is -1.32. The molecular formula is C9H14N2O2. The Labute approximate surface area is 77.5 Å². The summed E-state index contributed by atoms with van der Waals surface area (Å²) < 4.78 is 6.56. The average molecular weight is 182 g/mol. The summed E-state index contributed by atoms with van der Waals surface area (Å²) in [7, 11) is 1.40. The second-order valence-corrected chi connectivity index (χ2v) is 3.05. The van der Waals surface area contributed by atoms with Crippen molar-refractivity contribution in [3.63, 3.8) is 0 Å². The van der Waals surface area contributed by atoms with Crippen molar-refractivity contribution < 1.29 is 9.53 Å². The molecule has 1 aromatic rings. The molecule has 13 heavy (non-hydrogen) atoms. The van der Waals surface area contributed by atoms with Crippen molar-refractivity contribution >= 4 is 5.97 Å². The minimum Gasteiger partial charge on any atom is -0.469 e. The molecule has 0 bridgehead atoms. The van der Waals surface area contributed by atoms with Crippen LogP contribution in [0.5, 0.6) is 0 Å². The van der Waals surface area contributed by atoms with E-state index in [1.807, 2.05) is 24.6 Å². The van der Waals surface area contributed by atoms with Crippen molar-refractivity contribution in [1.29, 1.82) is 0 Å². The molecule has 0 saturated carbocycles. The zero-order valence-electron chi connectivity index (χ0n) is 8.15. The molecule has 1 rings (SSSR count). The van der Waals surface area contributed by atoms with Gasteiger partial charge in [0.05, 0.1) is 13.0 Å². The van der Waals surface area contributed by atoms with Crippen LogP contribution in [0.4, 0.5) is 0 Å². The van der Waals surface area contributed by atoms with E-state index < -0.39 is 0 Å². The molecule has 0 radical (unpaired) electrons. The predicted molar refractivity (Wildman–Crippen MR) is 48.1 cm³/mol. The molecule has 0 fully saturated rings. The quantitative estimate of drug-likeness (QED) is 0.655. The fourth-order valence-corrected chi connectivity index (χ4v) is 1.17. The normalized spacial score (nSPS) is 12.5. The van der Waals surface area contributed by atoms with Crippen LogP contribution in [0.15, 0.2) is 12.4 Å². The van der Waals surface area contributed by atoms with Crippen molar-refractivity contribution in [2.45, 2.75) is 20.4 Å². The molecular weight excluding hydrogens is 168 g/mol. The van der Waals surface area contributed by atoms with Gasteiger partial charge in [0.25, 0.3) is 0 Å². The Bertz CT molecular complexity index is 294. The number of hydrogen-bond donors (Lipinski definition) is 0. The molecule has 0 aliphatic carbocycles. The van der Waals surface area contributed by atoms with E-state index in [0.717, 1.165) is 5.82 Å². The Morgan fingerprint density at radius 2 is 2.46 bits per heavy atom. The first-order chi connectivity index (χ1) is 6.15. The average Bonchev–Trinajstić information content (AvgIpc) is 2.50. The number of aryl methyl sites for hydroxylation is 1. The SMILES string of the molecule is COC(=O)C(C)Cn1ccnc1C. The van der Waals surface area contributed by atoms with E-state index in [9.17, 15) is 4.79 Å². The fraction of sp³-hybridized carbons (Fsp3) is 0.556. The molecule has 72 valence electrons. The molecule has 0 aromatic carbocycles. The van der Waals surface area contributed by atoms with E-state index in [1.54, 1.807) is 6.20 Å². The third-order valence-electron chi connectivity index (χ3n) is 2.00. The monoisotopic (exact) mass is 182 g/mol. The van der Waals surface area contributed by atoms with Gasteiger partial charge in [0.1, 0.15) is 5.82 Å². The van der Waals surface area contributed by atoms with Crippen LogP contribution in [-0.4, -0.2) is 22.6 Å². The Kier molecular flexibility index (Phi) is 3.06. The van der Waals surface area contributed by atoms with E-state index >= 15 is 0 Å². The first-order valence-corrected chi connectivity index (χ1v) is 4.20. The van der Waals surface area contributed by atoms with Gasteiger partial charge < -0.3 is 9.30 Å². The van der Waals surface area contributed by atoms with Gasteiger partial charge in [-0.25, -0.2) is 4.98 Å². The molecule has 1 aromatic heterocycles. The maximum absolute atomic E-state index is 11.1. The summed E-state index contributed by atoms with van der Waals surface area (Å²) in [5.74, 6) is 0.599. The number of methoxy groups -OCH3 is 1. The third kappa shape index (κ3) is 2.31. The van der Waals surface area contributed by atoms with Crippen molar-refractivity contribution in [2.24, 2.45) is 5.92 Å². The number of carbonyl (C=O) groups is 1. The Morgan fingerprint density at radius 3 is 2.92 bits per heavy atom. The van der Waals surface area contributed by atoms with Crippen LogP contribution < -0.4 is 0 Å². The predicted octanol–water partition coefficient (Wildman–Crippen LogP) is 1.00. The second kappa shape index (κ2) is 4.07. The maximum Gasteiger partial charge on any atom is 0.310 e.